The third-order valence-corrected chi connectivity index (χ3v) is 7.60. The van der Waals surface area contributed by atoms with E-state index in [9.17, 15) is 9.59 Å². The molecule has 0 unspecified atom stereocenters. The van der Waals surface area contributed by atoms with Crippen molar-refractivity contribution < 1.29 is 23.6 Å². The van der Waals surface area contributed by atoms with E-state index in [0.29, 0.717) is 19.5 Å². The second-order valence-corrected chi connectivity index (χ2v) is 11.5. The highest BCUT2D eigenvalue weighted by molar-refractivity contribution is 6.48. The van der Waals surface area contributed by atoms with Crippen LogP contribution in [0.15, 0.2) is 0 Å². The summed E-state index contributed by atoms with van der Waals surface area (Å²) in [5.74, 6) is 0.417. The van der Waals surface area contributed by atoms with Gasteiger partial charge in [-0.15, -0.1) is 0 Å². The second kappa shape index (κ2) is 7.12. The molecule has 4 aliphatic heterocycles. The number of nitrogens with zero attached hydrogens (tertiary/aromatic N) is 2. The number of ether oxygens (including phenoxy) is 1. The quantitative estimate of drug-likeness (QED) is 0.610. The summed E-state index contributed by atoms with van der Waals surface area (Å²) in [5.41, 5.74) is -1.44. The van der Waals surface area contributed by atoms with E-state index in [-0.39, 0.29) is 35.8 Å². The third-order valence-electron chi connectivity index (χ3n) is 7.60. The topological polar surface area (TPSA) is 68.3 Å². The molecule has 0 radical (unpaired) electrons. The fourth-order valence-corrected chi connectivity index (χ4v) is 5.55. The minimum absolute atomic E-state index is 0.115. The van der Waals surface area contributed by atoms with Crippen molar-refractivity contribution in [2.45, 2.75) is 103 Å². The number of piperidine rings is 3. The molecule has 4 heterocycles. The van der Waals surface area contributed by atoms with Crippen LogP contribution in [0.5, 0.6) is 0 Å². The Morgan fingerprint density at radius 1 is 1.10 bits per heavy atom. The maximum Gasteiger partial charge on any atom is 0.482 e. The Hall–Kier alpha value is -1.28. The molecule has 2 amide bonds. The fourth-order valence-electron chi connectivity index (χ4n) is 5.55. The number of hydrogen-bond acceptors (Lipinski definition) is 5. The van der Waals surface area contributed by atoms with Gasteiger partial charge in [-0.3, -0.25) is 4.79 Å². The lowest BCUT2D eigenvalue weighted by Crippen LogP contribution is -2.69. The molecule has 4 rings (SSSR count). The number of rotatable bonds is 1. The van der Waals surface area contributed by atoms with E-state index in [1.54, 1.807) is 0 Å². The Bertz CT molecular complexity index is 703. The molecule has 0 saturated carbocycles. The minimum Gasteiger partial charge on any atom is -0.444 e. The van der Waals surface area contributed by atoms with Crippen LogP contribution in [0.4, 0.5) is 4.79 Å². The van der Waals surface area contributed by atoms with Gasteiger partial charge >= 0.3 is 13.2 Å². The lowest BCUT2D eigenvalue weighted by molar-refractivity contribution is -0.148. The molecule has 4 saturated heterocycles. The van der Waals surface area contributed by atoms with Gasteiger partial charge in [0.25, 0.3) is 0 Å². The first-order chi connectivity index (χ1) is 13.8. The summed E-state index contributed by atoms with van der Waals surface area (Å²) in [4.78, 5) is 29.9. The van der Waals surface area contributed by atoms with Crippen LogP contribution >= 0.6 is 0 Å². The van der Waals surface area contributed by atoms with Gasteiger partial charge in [0.05, 0.1) is 17.1 Å². The number of likely N-dealkylation sites (tertiary alicyclic amines) is 1. The zero-order chi connectivity index (χ0) is 22.1. The molecule has 30 heavy (non-hydrogen) atoms. The molecule has 7 nitrogen and oxygen atoms in total. The van der Waals surface area contributed by atoms with Crippen LogP contribution in [0.2, 0.25) is 0 Å². The van der Waals surface area contributed by atoms with Gasteiger partial charge in [-0.1, -0.05) is 0 Å². The number of carbonyl (C=O) groups is 2. The van der Waals surface area contributed by atoms with Crippen molar-refractivity contribution in [3.63, 3.8) is 0 Å². The molecule has 0 aromatic rings. The lowest BCUT2D eigenvalue weighted by Gasteiger charge is -2.56. The average Bonchev–Trinajstić information content (AvgIpc) is 2.81. The monoisotopic (exact) mass is 420 g/mol. The minimum atomic E-state index is -0.526. The van der Waals surface area contributed by atoms with Crippen molar-refractivity contribution in [2.75, 3.05) is 13.1 Å². The molecule has 4 fully saturated rings. The molecular formula is C22H37BN2O5. The number of hydrogen-bond donors (Lipinski definition) is 0. The Morgan fingerprint density at radius 2 is 1.70 bits per heavy atom. The van der Waals surface area contributed by atoms with Gasteiger partial charge in [0.15, 0.2) is 0 Å². The van der Waals surface area contributed by atoms with Crippen LogP contribution in [0.1, 0.15) is 74.1 Å². The van der Waals surface area contributed by atoms with Gasteiger partial charge in [-0.2, -0.15) is 0 Å². The summed E-state index contributed by atoms with van der Waals surface area (Å²) in [6.07, 6.45) is 3.19. The second-order valence-electron chi connectivity index (χ2n) is 11.5. The van der Waals surface area contributed by atoms with E-state index in [4.69, 9.17) is 14.0 Å². The smallest absolute Gasteiger partial charge is 0.444 e. The first kappa shape index (κ1) is 21.9. The zero-order valence-electron chi connectivity index (χ0n) is 19.6. The van der Waals surface area contributed by atoms with E-state index >= 15 is 0 Å². The van der Waals surface area contributed by atoms with E-state index in [2.05, 4.69) is 4.90 Å². The van der Waals surface area contributed by atoms with Crippen LogP contribution in [0.25, 0.3) is 0 Å². The average molecular weight is 420 g/mol. The summed E-state index contributed by atoms with van der Waals surface area (Å²) in [6, 6.07) is 0.136. The zero-order valence-corrected chi connectivity index (χ0v) is 19.6. The maximum atomic E-state index is 13.1. The van der Waals surface area contributed by atoms with E-state index in [1.807, 2.05) is 53.4 Å². The van der Waals surface area contributed by atoms with Gasteiger partial charge in [-0.25, -0.2) is 4.79 Å². The molecule has 2 bridgehead atoms. The number of amides is 2. The largest absolute Gasteiger partial charge is 0.482 e. The van der Waals surface area contributed by atoms with Crippen LogP contribution < -0.4 is 0 Å². The molecule has 4 atom stereocenters. The van der Waals surface area contributed by atoms with Crippen molar-refractivity contribution in [1.29, 1.82) is 0 Å². The highest BCUT2D eigenvalue weighted by atomic mass is 16.7. The van der Waals surface area contributed by atoms with Gasteiger partial charge in [-0.05, 0) is 79.6 Å². The van der Waals surface area contributed by atoms with E-state index in [0.717, 1.165) is 19.3 Å². The SMILES string of the molecule is CC(C)(C)OC(=O)N1C[C@H]2C[C@@H](C1)[C@H](B1OC(C)(C)C(C)(C)O1)N1C(=O)CCC[C@@H]21. The van der Waals surface area contributed by atoms with Gasteiger partial charge < -0.3 is 23.8 Å². The Kier molecular flexibility index (Phi) is 5.21. The predicted molar refractivity (Wildman–Crippen MR) is 114 cm³/mol. The van der Waals surface area contributed by atoms with Crippen LogP contribution in [-0.2, 0) is 18.8 Å². The van der Waals surface area contributed by atoms with Crippen molar-refractivity contribution >= 4 is 19.1 Å². The lowest BCUT2D eigenvalue weighted by atomic mass is 9.60. The molecule has 8 heteroatoms. The summed E-state index contributed by atoms with van der Waals surface area (Å²) in [5, 5.41) is 0. The highest BCUT2D eigenvalue weighted by Gasteiger charge is 2.61. The standard InChI is InChI=1S/C22H37BN2O5/c1-20(2,3)28-19(27)24-12-14-11-15(13-24)18(25-16(14)9-8-10-17(25)26)23-29-21(4,5)22(6,7)30-23/h14-16,18H,8-13H2,1-7H3/t14-,15+,16+,18-/m1/s1. The molecule has 4 aliphatic rings. The summed E-state index contributed by atoms with van der Waals surface area (Å²) >= 11 is 0. The normalized spacial score (nSPS) is 35.3. The number of carbonyl (C=O) groups excluding carboxylic acids is 2. The number of fused-ring (bicyclic) bond motifs is 4. The molecule has 0 spiro atoms. The third kappa shape index (κ3) is 3.74. The van der Waals surface area contributed by atoms with E-state index in [1.165, 1.54) is 0 Å². The van der Waals surface area contributed by atoms with Crippen LogP contribution in [-0.4, -0.2) is 70.8 Å². The van der Waals surface area contributed by atoms with Crippen LogP contribution in [0.3, 0.4) is 0 Å². The molecule has 0 N–H and O–H groups in total. The summed E-state index contributed by atoms with van der Waals surface area (Å²) in [6.45, 7) is 15.1. The molecule has 0 aliphatic carbocycles. The summed E-state index contributed by atoms with van der Waals surface area (Å²) in [7, 11) is -0.482. The maximum absolute atomic E-state index is 13.1. The Balaban J connectivity index is 1.63. The van der Waals surface area contributed by atoms with Crippen molar-refractivity contribution in [1.82, 2.24) is 9.80 Å². The Labute approximate surface area is 180 Å². The molecule has 168 valence electrons. The molecule has 0 aromatic heterocycles. The Morgan fingerprint density at radius 3 is 2.30 bits per heavy atom. The molecular weight excluding hydrogens is 383 g/mol. The van der Waals surface area contributed by atoms with Crippen LogP contribution in [0, 0.1) is 11.8 Å². The van der Waals surface area contributed by atoms with Crippen molar-refractivity contribution in [2.24, 2.45) is 11.8 Å². The van der Waals surface area contributed by atoms with Gasteiger partial charge in [0.2, 0.25) is 5.91 Å². The first-order valence-corrected chi connectivity index (χ1v) is 11.4. The van der Waals surface area contributed by atoms with Gasteiger partial charge in [0.1, 0.15) is 5.60 Å². The molecule has 0 aromatic carbocycles. The van der Waals surface area contributed by atoms with Crippen molar-refractivity contribution in [3.8, 4) is 0 Å². The first-order valence-electron chi connectivity index (χ1n) is 11.4. The van der Waals surface area contributed by atoms with Gasteiger partial charge in [0, 0.05) is 25.6 Å². The predicted octanol–water partition coefficient (Wildman–Crippen LogP) is 3.25. The fraction of sp³-hybridized carbons (Fsp3) is 0.909. The van der Waals surface area contributed by atoms with E-state index < -0.39 is 23.9 Å². The van der Waals surface area contributed by atoms with Crippen molar-refractivity contribution in [3.05, 3.63) is 0 Å². The summed E-state index contributed by atoms with van der Waals surface area (Å²) < 4.78 is 18.5. The highest BCUT2D eigenvalue weighted by Crippen LogP contribution is 2.46.